The number of hydrogen-bond acceptors (Lipinski definition) is 20. The number of aromatic hydroxyl groups is 1. The summed E-state index contributed by atoms with van der Waals surface area (Å²) in [5.41, 5.74) is 10.5. The van der Waals surface area contributed by atoms with E-state index in [-0.39, 0.29) is 150 Å². The van der Waals surface area contributed by atoms with Gasteiger partial charge in [0.15, 0.2) is 5.75 Å². The molecule has 12 amide bonds. The highest BCUT2D eigenvalue weighted by molar-refractivity contribution is 5.99. The molecule has 1 aliphatic carbocycles. The number of pyridine rings is 1. The number of primary amides is 1. The van der Waals surface area contributed by atoms with E-state index in [1.807, 2.05) is 0 Å². The fourth-order valence-electron chi connectivity index (χ4n) is 8.80. The van der Waals surface area contributed by atoms with E-state index in [1.54, 1.807) is 0 Å². The van der Waals surface area contributed by atoms with Gasteiger partial charge in [0.2, 0.25) is 77.3 Å². The summed E-state index contributed by atoms with van der Waals surface area (Å²) >= 11 is 0. The van der Waals surface area contributed by atoms with Crippen LogP contribution in [0.25, 0.3) is 11.3 Å². The standard InChI is InChI=1S/C49H73N15O18/c50-14-3-1-7-28(57-48(79)34(24-66)61-49(80)35-13-16-52-42-32(56-40(72)12-11-39(51)71)19-27-20-37(69)38(70)21-36(27)64(35)42)43(74)54-22-41(73)55-29(9-5-17-62(81)25-67)45(76)58-30-8-2-4-15-53-44(75)33(23-65)60-47(78)31(59-46(30)77)10-6-18-63(82)26-68/h19-21,25-26,28-31,33-35,52,65-66,69,81-82H,1-18,22-24,50H2,(H2,51,71)(H,53,75)(H,54,74)(H,55,73)(H,56,72)(H,57,79)(H,58,76)(H,59,77)(H,60,78)(H,61,80). The van der Waals surface area contributed by atoms with Gasteiger partial charge in [-0.25, -0.2) is 10.1 Å². The molecular weight excluding hydrogens is 1090 g/mol. The number of nitrogens with one attached hydrogen (secondary N) is 10. The number of hydrogen-bond donors (Lipinski definition) is 17. The predicted molar refractivity (Wildman–Crippen MR) is 284 cm³/mol. The second-order valence-electron chi connectivity index (χ2n) is 19.3. The van der Waals surface area contributed by atoms with Gasteiger partial charge < -0.3 is 84.5 Å². The van der Waals surface area contributed by atoms with E-state index >= 15 is 0 Å². The Morgan fingerprint density at radius 1 is 0.732 bits per heavy atom. The number of anilines is 2. The van der Waals surface area contributed by atoms with Gasteiger partial charge in [0, 0.05) is 50.7 Å². The summed E-state index contributed by atoms with van der Waals surface area (Å²) in [6.45, 7) is -2.83. The molecule has 33 nitrogen and oxygen atoms in total. The second-order valence-corrected chi connectivity index (χ2v) is 19.3. The van der Waals surface area contributed by atoms with Crippen molar-refractivity contribution in [2.24, 2.45) is 11.5 Å². The van der Waals surface area contributed by atoms with Crippen LogP contribution in [0.4, 0.5) is 11.5 Å². The minimum Gasteiger partial charge on any atom is -0.504 e. The van der Waals surface area contributed by atoms with Crippen LogP contribution in [-0.4, -0.2) is 201 Å². The summed E-state index contributed by atoms with van der Waals surface area (Å²) in [7, 11) is 0. The molecular formula is C49H73N15O18. The Balaban J connectivity index is 1.50. The van der Waals surface area contributed by atoms with E-state index in [0.717, 1.165) is 12.1 Å². The number of phenolic OH excluding ortho intramolecular Hbond substituents is 1. The first kappa shape index (κ1) is 66.0. The highest BCUT2D eigenvalue weighted by atomic mass is 16.5. The molecule has 0 spiro atoms. The van der Waals surface area contributed by atoms with Crippen molar-refractivity contribution < 1.29 is 83.3 Å². The average Bonchev–Trinajstić information content (AvgIpc) is 1.58. The van der Waals surface area contributed by atoms with Gasteiger partial charge in [-0.2, -0.15) is 0 Å². The summed E-state index contributed by atoms with van der Waals surface area (Å²) in [6, 6.07) is -6.44. The quantitative estimate of drug-likeness (QED) is 0.0150. The number of hydroxylamine groups is 4. The molecule has 0 aromatic heterocycles. The van der Waals surface area contributed by atoms with Crippen molar-refractivity contribution in [3.05, 3.63) is 28.4 Å². The summed E-state index contributed by atoms with van der Waals surface area (Å²) in [6.07, 6.45) is 0.0230. The van der Waals surface area contributed by atoms with Gasteiger partial charge in [-0.05, 0) is 89.3 Å². The zero-order valence-electron chi connectivity index (χ0n) is 44.8. The molecule has 452 valence electrons. The molecule has 0 aromatic rings. The van der Waals surface area contributed by atoms with E-state index in [4.69, 9.17) is 11.5 Å². The Morgan fingerprint density at radius 3 is 2.09 bits per heavy atom. The topological polar surface area (TPSA) is 507 Å². The fourth-order valence-corrected chi connectivity index (χ4v) is 8.80. The number of aliphatic hydroxyl groups is 2. The van der Waals surface area contributed by atoms with Crippen molar-refractivity contribution >= 4 is 83.4 Å². The Morgan fingerprint density at radius 2 is 1.41 bits per heavy atom. The number of rotatable bonds is 30. The monoisotopic (exact) mass is 1160 g/mol. The lowest BCUT2D eigenvalue weighted by molar-refractivity contribution is -0.150. The van der Waals surface area contributed by atoms with Crippen LogP contribution in [0.15, 0.2) is 23.0 Å². The van der Waals surface area contributed by atoms with Crippen molar-refractivity contribution in [1.29, 1.82) is 0 Å². The Labute approximate surface area is 468 Å². The number of fused-ring (bicyclic) bond motifs is 3. The Kier molecular flexibility index (Phi) is 26.8. The van der Waals surface area contributed by atoms with Gasteiger partial charge in [0.05, 0.1) is 31.1 Å². The maximum absolute atomic E-state index is 14.1. The zero-order valence-corrected chi connectivity index (χ0v) is 44.8. The lowest BCUT2D eigenvalue weighted by Gasteiger charge is -2.34. The second kappa shape index (κ2) is 33.3. The highest BCUT2D eigenvalue weighted by Crippen LogP contribution is 2.39. The van der Waals surface area contributed by atoms with Crippen LogP contribution >= 0.6 is 0 Å². The summed E-state index contributed by atoms with van der Waals surface area (Å²) < 4.78 is 1.36. The van der Waals surface area contributed by atoms with E-state index in [1.165, 1.54) is 10.6 Å². The predicted octanol–water partition coefficient (Wildman–Crippen LogP) is -6.09. The molecule has 0 aromatic carbocycles. The van der Waals surface area contributed by atoms with Gasteiger partial charge >= 0.3 is 0 Å². The number of aliphatic hydroxyl groups excluding tert-OH is 2. The number of nitrogens with zero attached hydrogens (tertiary/aromatic N) is 3. The molecule has 82 heavy (non-hydrogen) atoms. The van der Waals surface area contributed by atoms with Crippen LogP contribution in [-0.2, 0) is 57.5 Å². The summed E-state index contributed by atoms with van der Waals surface area (Å²) in [5, 5.41) is 75.9. The van der Waals surface area contributed by atoms with Crippen LogP contribution < -0.4 is 70.1 Å². The molecule has 19 N–H and O–H groups in total. The third kappa shape index (κ3) is 20.2. The van der Waals surface area contributed by atoms with E-state index in [9.17, 15) is 88.1 Å². The molecule has 3 heterocycles. The fraction of sp³-hybridized carbons (Fsp3) is 0.571. The van der Waals surface area contributed by atoms with Crippen LogP contribution in [0.1, 0.15) is 89.5 Å². The van der Waals surface area contributed by atoms with E-state index in [0.29, 0.717) is 11.5 Å². The van der Waals surface area contributed by atoms with Crippen molar-refractivity contribution in [2.75, 3.05) is 63.1 Å². The minimum absolute atomic E-state index is 0.0299. The van der Waals surface area contributed by atoms with Gasteiger partial charge in [-0.15, -0.1) is 0 Å². The number of phenols is 1. The van der Waals surface area contributed by atoms with E-state index in [2.05, 4.69) is 53.2 Å². The van der Waals surface area contributed by atoms with Gasteiger partial charge in [0.1, 0.15) is 48.1 Å². The lowest BCUT2D eigenvalue weighted by atomic mass is 10.0. The molecule has 33 heteroatoms. The molecule has 4 rings (SSSR count). The maximum Gasteiger partial charge on any atom is 0.245 e. The van der Waals surface area contributed by atoms with Crippen molar-refractivity contribution in [3.63, 3.8) is 0 Å². The number of aromatic nitrogens is 1. The van der Waals surface area contributed by atoms with Crippen LogP contribution in [0.5, 0.6) is 5.75 Å². The third-order valence-electron chi connectivity index (χ3n) is 13.1. The maximum atomic E-state index is 14.1. The molecule has 0 bridgehead atoms. The SMILES string of the molecule is NCCCCC(NC(=O)C(CO)NC(=O)C1CCNc2c(NC(=O)CCC(N)=O)cc3cc(O)c(=O)cc-3n21)C(=O)NCC(=O)NC(CCCN(O)C=O)C(=O)NC1CCCCNC(=O)C(CO)NC(=O)C(CCCN(O)C=O)NC1=O. The minimum atomic E-state index is -1.70. The molecule has 7 atom stereocenters. The van der Waals surface area contributed by atoms with Gasteiger partial charge in [-0.1, -0.05) is 0 Å². The smallest absolute Gasteiger partial charge is 0.245 e. The summed E-state index contributed by atoms with van der Waals surface area (Å²) in [4.78, 5) is 168. The average molecular weight is 1160 g/mol. The number of carbonyl (C=O) groups is 12. The molecule has 0 saturated carbocycles. The van der Waals surface area contributed by atoms with Gasteiger partial charge in [-0.3, -0.25) is 72.7 Å². The van der Waals surface area contributed by atoms with Crippen LogP contribution in [0, 0.1) is 0 Å². The molecule has 1 saturated heterocycles. The number of amides is 12. The molecule has 4 aliphatic rings. The summed E-state index contributed by atoms with van der Waals surface area (Å²) in [5.74, 6) is -9.15. The van der Waals surface area contributed by atoms with E-state index < -0.39 is 132 Å². The number of benzene rings is 1. The molecule has 3 aliphatic heterocycles. The number of nitrogens with two attached hydrogens (primary N) is 2. The Hall–Kier alpha value is -8.53. The Bertz CT molecular complexity index is 2640. The van der Waals surface area contributed by atoms with Crippen molar-refractivity contribution in [1.82, 2.24) is 57.2 Å². The number of carbonyl (C=O) groups excluding carboxylic acids is 12. The van der Waals surface area contributed by atoms with Gasteiger partial charge in [0.25, 0.3) is 0 Å². The normalized spacial score (nSPS) is 18.4. The van der Waals surface area contributed by atoms with Crippen LogP contribution in [0.3, 0.4) is 0 Å². The first-order valence-electron chi connectivity index (χ1n) is 26.5. The first-order valence-corrected chi connectivity index (χ1v) is 26.5. The largest absolute Gasteiger partial charge is 0.504 e. The third-order valence-corrected chi connectivity index (χ3v) is 13.1. The molecule has 1 fully saturated rings. The lowest BCUT2D eigenvalue weighted by Crippen LogP contribution is -2.59. The number of unbranched alkanes of at least 4 members (excludes halogenated alkanes) is 1. The first-order chi connectivity index (χ1) is 39.1. The highest BCUT2D eigenvalue weighted by Gasteiger charge is 2.36. The molecule has 7 unspecified atom stereocenters. The molecule has 0 radical (unpaired) electrons. The van der Waals surface area contributed by atoms with Crippen molar-refractivity contribution in [3.8, 4) is 17.0 Å². The van der Waals surface area contributed by atoms with Crippen molar-refractivity contribution in [2.45, 2.75) is 126 Å². The van der Waals surface area contributed by atoms with Crippen LogP contribution in [0.2, 0.25) is 0 Å². The zero-order chi connectivity index (χ0) is 60.5.